The van der Waals surface area contributed by atoms with Crippen LogP contribution >= 0.6 is 11.6 Å². The summed E-state index contributed by atoms with van der Waals surface area (Å²) in [6, 6.07) is 13.0. The van der Waals surface area contributed by atoms with Gasteiger partial charge in [0.05, 0.1) is 22.3 Å². The maximum Gasteiger partial charge on any atom is 0.253 e. The molecular weight excluding hydrogens is 510 g/mol. The van der Waals surface area contributed by atoms with Crippen molar-refractivity contribution < 1.29 is 9.59 Å². The van der Waals surface area contributed by atoms with Crippen LogP contribution in [0.15, 0.2) is 48.7 Å². The van der Waals surface area contributed by atoms with Gasteiger partial charge in [0.15, 0.2) is 0 Å². The number of nitrogens with zero attached hydrogens (tertiary/aromatic N) is 3. The van der Waals surface area contributed by atoms with Gasteiger partial charge in [-0.25, -0.2) is 4.98 Å². The number of benzene rings is 2. The summed E-state index contributed by atoms with van der Waals surface area (Å²) < 4.78 is 0. The number of aromatic amines is 1. The number of nitrogens with one attached hydrogen (secondary N) is 2. The summed E-state index contributed by atoms with van der Waals surface area (Å²) >= 11 is 6.24. The van der Waals surface area contributed by atoms with Crippen molar-refractivity contribution in [3.63, 3.8) is 0 Å². The van der Waals surface area contributed by atoms with Crippen LogP contribution in [0.4, 0.5) is 0 Å². The molecule has 8 heteroatoms. The summed E-state index contributed by atoms with van der Waals surface area (Å²) in [5.74, 6) is 0.889. The number of halogens is 1. The van der Waals surface area contributed by atoms with E-state index in [0.29, 0.717) is 21.6 Å². The maximum atomic E-state index is 13.5. The zero-order valence-corrected chi connectivity index (χ0v) is 23.3. The molecule has 6 rings (SSSR count). The van der Waals surface area contributed by atoms with Crippen molar-refractivity contribution in [2.45, 2.75) is 58.0 Å². The van der Waals surface area contributed by atoms with Crippen molar-refractivity contribution in [1.82, 2.24) is 25.1 Å². The lowest BCUT2D eigenvalue weighted by Crippen LogP contribution is -2.48. The third-order valence-electron chi connectivity index (χ3n) is 9.07. The Labute approximate surface area is 234 Å². The van der Waals surface area contributed by atoms with Crippen molar-refractivity contribution in [2.24, 2.45) is 5.41 Å². The Balaban J connectivity index is 1.05. The number of hydrogen-bond donors (Lipinski definition) is 2. The molecule has 3 aromatic rings. The number of carbonyl (C=O) groups excluding carboxylic acids is 2. The number of H-pyrrole nitrogens is 1. The molecule has 0 saturated carbocycles. The largest absolute Gasteiger partial charge is 0.348 e. The minimum absolute atomic E-state index is 0.0991. The molecule has 2 aromatic carbocycles. The summed E-state index contributed by atoms with van der Waals surface area (Å²) in [6.07, 6.45) is 8.23. The Kier molecular flexibility index (Phi) is 7.21. The molecule has 39 heavy (non-hydrogen) atoms. The van der Waals surface area contributed by atoms with Gasteiger partial charge < -0.3 is 15.2 Å². The zero-order chi connectivity index (χ0) is 27.0. The molecule has 2 aliphatic heterocycles. The van der Waals surface area contributed by atoms with Gasteiger partial charge in [-0.3, -0.25) is 14.5 Å². The van der Waals surface area contributed by atoms with E-state index in [9.17, 15) is 9.59 Å². The number of carbonyl (C=O) groups is 2. The van der Waals surface area contributed by atoms with Crippen LogP contribution in [0, 0.1) is 12.3 Å². The average molecular weight is 546 g/mol. The average Bonchev–Trinajstić information content (AvgIpc) is 3.55. The number of piperidine rings is 2. The first-order chi connectivity index (χ1) is 18.9. The van der Waals surface area contributed by atoms with Gasteiger partial charge in [0.2, 0.25) is 0 Å². The molecule has 2 amide bonds. The third-order valence-corrected chi connectivity index (χ3v) is 9.40. The van der Waals surface area contributed by atoms with Crippen LogP contribution in [-0.4, -0.2) is 57.8 Å². The maximum absolute atomic E-state index is 13.5. The van der Waals surface area contributed by atoms with E-state index in [1.807, 2.05) is 42.3 Å². The summed E-state index contributed by atoms with van der Waals surface area (Å²) in [7, 11) is 0. The first-order valence-electron chi connectivity index (χ1n) is 14.1. The second kappa shape index (κ2) is 10.8. The van der Waals surface area contributed by atoms with Crippen LogP contribution in [-0.2, 0) is 13.0 Å². The van der Waals surface area contributed by atoms with Gasteiger partial charge in [0, 0.05) is 31.4 Å². The minimum atomic E-state index is -0.179. The van der Waals surface area contributed by atoms with E-state index in [4.69, 9.17) is 11.6 Å². The SMILES string of the molecule is Cc1nc(CN2CCC3(CC2)CCN(C(=O)c2ccc4c(c2)C(NC(=O)c2ccccc2Cl)CC4)CC3)c[nH]1. The van der Waals surface area contributed by atoms with Crippen LogP contribution in [0.2, 0.25) is 5.02 Å². The Morgan fingerprint density at radius 1 is 1.08 bits per heavy atom. The van der Waals surface area contributed by atoms with E-state index in [2.05, 4.69) is 26.3 Å². The molecule has 0 bridgehead atoms. The molecule has 1 unspecified atom stereocenters. The monoisotopic (exact) mass is 545 g/mol. The predicted octanol–water partition coefficient (Wildman–Crippen LogP) is 5.31. The van der Waals surface area contributed by atoms with E-state index >= 15 is 0 Å². The molecule has 204 valence electrons. The number of likely N-dealkylation sites (tertiary alicyclic amines) is 2. The van der Waals surface area contributed by atoms with Crippen molar-refractivity contribution in [3.05, 3.63) is 87.5 Å². The topological polar surface area (TPSA) is 81.3 Å². The van der Waals surface area contributed by atoms with Gasteiger partial charge >= 0.3 is 0 Å². The summed E-state index contributed by atoms with van der Waals surface area (Å²) in [4.78, 5) is 38.7. The van der Waals surface area contributed by atoms with Crippen molar-refractivity contribution in [1.29, 1.82) is 0 Å². The Morgan fingerprint density at radius 3 is 2.54 bits per heavy atom. The summed E-state index contributed by atoms with van der Waals surface area (Å²) in [5.41, 5.74) is 4.90. The van der Waals surface area contributed by atoms with Crippen molar-refractivity contribution in [2.75, 3.05) is 26.2 Å². The number of aromatic nitrogens is 2. The molecule has 3 aliphatic rings. The fraction of sp³-hybridized carbons (Fsp3) is 0.452. The van der Waals surface area contributed by atoms with Crippen LogP contribution in [0.3, 0.4) is 0 Å². The van der Waals surface area contributed by atoms with E-state index in [-0.39, 0.29) is 17.9 Å². The summed E-state index contributed by atoms with van der Waals surface area (Å²) in [6.45, 7) is 6.69. The lowest BCUT2D eigenvalue weighted by Gasteiger charge is -2.46. The number of imidazole rings is 1. The second-order valence-electron chi connectivity index (χ2n) is 11.5. The fourth-order valence-corrected chi connectivity index (χ4v) is 6.82. The van der Waals surface area contributed by atoms with Crippen molar-refractivity contribution in [3.8, 4) is 0 Å². The van der Waals surface area contributed by atoms with Gasteiger partial charge in [0.25, 0.3) is 11.8 Å². The Morgan fingerprint density at radius 2 is 1.82 bits per heavy atom. The van der Waals surface area contributed by atoms with Gasteiger partial charge in [-0.05, 0) is 99.3 Å². The molecule has 3 heterocycles. The zero-order valence-electron chi connectivity index (χ0n) is 22.5. The molecule has 2 fully saturated rings. The number of hydrogen-bond acceptors (Lipinski definition) is 4. The highest BCUT2D eigenvalue weighted by Crippen LogP contribution is 2.42. The number of fused-ring (bicyclic) bond motifs is 1. The lowest BCUT2D eigenvalue weighted by molar-refractivity contribution is 0.0282. The fourth-order valence-electron chi connectivity index (χ4n) is 6.60. The van der Waals surface area contributed by atoms with Gasteiger partial charge in [-0.2, -0.15) is 0 Å². The molecule has 7 nitrogen and oxygen atoms in total. The van der Waals surface area contributed by atoms with Gasteiger partial charge in [-0.1, -0.05) is 29.8 Å². The highest BCUT2D eigenvalue weighted by atomic mass is 35.5. The highest BCUT2D eigenvalue weighted by molar-refractivity contribution is 6.33. The van der Waals surface area contributed by atoms with Gasteiger partial charge in [0.1, 0.15) is 5.82 Å². The van der Waals surface area contributed by atoms with Crippen LogP contribution in [0.5, 0.6) is 0 Å². The van der Waals surface area contributed by atoms with Crippen LogP contribution < -0.4 is 5.32 Å². The molecule has 0 radical (unpaired) electrons. The van der Waals surface area contributed by atoms with E-state index in [1.54, 1.807) is 12.1 Å². The Bertz CT molecular complexity index is 1370. The second-order valence-corrected chi connectivity index (χ2v) is 11.9. The minimum Gasteiger partial charge on any atom is -0.348 e. The van der Waals surface area contributed by atoms with Crippen LogP contribution in [0.1, 0.15) is 81.5 Å². The molecule has 1 aromatic heterocycles. The first kappa shape index (κ1) is 26.1. The molecule has 2 N–H and O–H groups in total. The quantitative estimate of drug-likeness (QED) is 0.455. The molecular formula is C31H36ClN5O2. The third kappa shape index (κ3) is 5.48. The molecule has 1 aliphatic carbocycles. The molecule has 2 saturated heterocycles. The molecule has 1 atom stereocenters. The first-order valence-corrected chi connectivity index (χ1v) is 14.5. The van der Waals surface area contributed by atoms with E-state index < -0.39 is 0 Å². The number of amides is 2. The predicted molar refractivity (Wildman–Crippen MR) is 152 cm³/mol. The Hall–Kier alpha value is -3.16. The molecule has 1 spiro atoms. The summed E-state index contributed by atoms with van der Waals surface area (Å²) in [5, 5.41) is 3.58. The standard InChI is InChI=1S/C31H36ClN5O2/c1-21-33-19-24(34-21)20-36-14-10-31(11-15-36)12-16-37(17-13-31)30(39)23-7-6-22-8-9-28(26(22)18-23)35-29(38)25-4-2-3-5-27(25)32/h2-7,18-19,28H,8-17,20H2,1H3,(H,33,34)(H,35,38). The van der Waals surface area contributed by atoms with Crippen LogP contribution in [0.25, 0.3) is 0 Å². The lowest BCUT2D eigenvalue weighted by atomic mass is 9.71. The normalized spacial score (nSPS) is 20.7. The van der Waals surface area contributed by atoms with Crippen molar-refractivity contribution >= 4 is 23.4 Å². The van der Waals surface area contributed by atoms with E-state index in [0.717, 1.165) is 75.5 Å². The smallest absolute Gasteiger partial charge is 0.253 e. The number of aryl methyl sites for hydroxylation is 2. The van der Waals surface area contributed by atoms with Gasteiger partial charge in [-0.15, -0.1) is 0 Å². The van der Waals surface area contributed by atoms with E-state index in [1.165, 1.54) is 18.4 Å². The highest BCUT2D eigenvalue weighted by Gasteiger charge is 2.39. The number of rotatable bonds is 5.